The molecule has 0 aromatic heterocycles. The molecule has 5 nitrogen and oxygen atoms in total. The molecule has 1 atom stereocenters. The van der Waals surface area contributed by atoms with E-state index in [-0.39, 0.29) is 11.9 Å². The molecular formula is C22H28N2O3. The van der Waals surface area contributed by atoms with Crippen LogP contribution in [0.5, 0.6) is 5.75 Å². The van der Waals surface area contributed by atoms with Gasteiger partial charge in [-0.2, -0.15) is 0 Å². The lowest BCUT2D eigenvalue weighted by Crippen LogP contribution is -2.35. The molecule has 0 aliphatic carbocycles. The molecule has 27 heavy (non-hydrogen) atoms. The van der Waals surface area contributed by atoms with E-state index in [2.05, 4.69) is 23.2 Å². The maximum Gasteiger partial charge on any atom is 0.251 e. The lowest BCUT2D eigenvalue weighted by Gasteiger charge is -2.26. The quantitative estimate of drug-likeness (QED) is 0.814. The third-order valence-electron chi connectivity index (χ3n) is 4.93. The fraction of sp³-hybridized carbons (Fsp3) is 0.409. The summed E-state index contributed by atoms with van der Waals surface area (Å²) in [5.74, 6) is 0.775. The Morgan fingerprint density at radius 1 is 1.19 bits per heavy atom. The van der Waals surface area contributed by atoms with Crippen molar-refractivity contribution in [2.45, 2.75) is 25.9 Å². The SMILES string of the molecule is CC[C@H](NC(=O)c1cccc(CN2CCOCC2)c1)c1ccc(OC)cc1. The average Bonchev–Trinajstić information content (AvgIpc) is 2.73. The highest BCUT2D eigenvalue weighted by atomic mass is 16.5. The normalized spacial score (nSPS) is 15.9. The molecular weight excluding hydrogens is 340 g/mol. The maximum absolute atomic E-state index is 12.8. The van der Waals surface area contributed by atoms with E-state index in [1.807, 2.05) is 42.5 Å². The Balaban J connectivity index is 1.65. The predicted octanol–water partition coefficient (Wildman–Crippen LogP) is 3.41. The zero-order valence-corrected chi connectivity index (χ0v) is 16.1. The number of hydrogen-bond acceptors (Lipinski definition) is 4. The molecule has 1 aliphatic rings. The molecule has 2 aromatic rings. The molecule has 144 valence electrons. The highest BCUT2D eigenvalue weighted by molar-refractivity contribution is 5.94. The van der Waals surface area contributed by atoms with Gasteiger partial charge in [0, 0.05) is 25.2 Å². The first kappa shape index (κ1) is 19.4. The summed E-state index contributed by atoms with van der Waals surface area (Å²) >= 11 is 0. The zero-order chi connectivity index (χ0) is 19.1. The van der Waals surface area contributed by atoms with Crippen LogP contribution in [0.15, 0.2) is 48.5 Å². The first-order chi connectivity index (χ1) is 13.2. The summed E-state index contributed by atoms with van der Waals surface area (Å²) in [6.07, 6.45) is 0.825. The van der Waals surface area contributed by atoms with Gasteiger partial charge in [-0.25, -0.2) is 0 Å². The summed E-state index contributed by atoms with van der Waals surface area (Å²) in [4.78, 5) is 15.1. The first-order valence-electron chi connectivity index (χ1n) is 9.53. The van der Waals surface area contributed by atoms with Crippen LogP contribution in [0.1, 0.15) is 40.9 Å². The summed E-state index contributed by atoms with van der Waals surface area (Å²) in [6.45, 7) is 6.35. The molecule has 1 aliphatic heterocycles. The molecule has 2 aromatic carbocycles. The fourth-order valence-corrected chi connectivity index (χ4v) is 3.33. The van der Waals surface area contributed by atoms with Gasteiger partial charge >= 0.3 is 0 Å². The maximum atomic E-state index is 12.8. The molecule has 1 saturated heterocycles. The number of carbonyl (C=O) groups excluding carboxylic acids is 1. The minimum Gasteiger partial charge on any atom is -0.497 e. The van der Waals surface area contributed by atoms with Crippen molar-refractivity contribution in [3.8, 4) is 5.75 Å². The smallest absolute Gasteiger partial charge is 0.251 e. The van der Waals surface area contributed by atoms with E-state index in [1.54, 1.807) is 7.11 Å². The van der Waals surface area contributed by atoms with Gasteiger partial charge in [0.2, 0.25) is 0 Å². The Labute approximate surface area is 161 Å². The van der Waals surface area contributed by atoms with Gasteiger partial charge in [-0.1, -0.05) is 31.2 Å². The van der Waals surface area contributed by atoms with Crippen LogP contribution >= 0.6 is 0 Å². The van der Waals surface area contributed by atoms with Crippen molar-refractivity contribution >= 4 is 5.91 Å². The van der Waals surface area contributed by atoms with Crippen molar-refractivity contribution < 1.29 is 14.3 Å². The molecule has 1 N–H and O–H groups in total. The van der Waals surface area contributed by atoms with Crippen LogP contribution in [-0.2, 0) is 11.3 Å². The highest BCUT2D eigenvalue weighted by Gasteiger charge is 2.16. The van der Waals surface area contributed by atoms with E-state index >= 15 is 0 Å². The molecule has 3 rings (SSSR count). The Bertz CT molecular complexity index is 739. The number of methoxy groups -OCH3 is 1. The lowest BCUT2D eigenvalue weighted by atomic mass is 10.0. The number of nitrogens with zero attached hydrogens (tertiary/aromatic N) is 1. The van der Waals surface area contributed by atoms with Crippen LogP contribution in [0.4, 0.5) is 0 Å². The van der Waals surface area contributed by atoms with Gasteiger partial charge < -0.3 is 14.8 Å². The van der Waals surface area contributed by atoms with Crippen LogP contribution in [0.2, 0.25) is 0 Å². The third kappa shape index (κ3) is 5.31. The molecule has 1 heterocycles. The zero-order valence-electron chi connectivity index (χ0n) is 16.1. The number of nitrogens with one attached hydrogen (secondary N) is 1. The number of ether oxygens (including phenoxy) is 2. The van der Waals surface area contributed by atoms with Crippen molar-refractivity contribution in [1.29, 1.82) is 0 Å². The second-order valence-electron chi connectivity index (χ2n) is 6.80. The Morgan fingerprint density at radius 2 is 1.93 bits per heavy atom. The summed E-state index contributed by atoms with van der Waals surface area (Å²) < 4.78 is 10.6. The van der Waals surface area contributed by atoms with Gasteiger partial charge in [-0.3, -0.25) is 9.69 Å². The van der Waals surface area contributed by atoms with Gasteiger partial charge in [0.05, 0.1) is 26.4 Å². The van der Waals surface area contributed by atoms with Crippen molar-refractivity contribution in [3.63, 3.8) is 0 Å². The second kappa shape index (κ2) is 9.53. The summed E-state index contributed by atoms with van der Waals surface area (Å²) in [7, 11) is 1.65. The predicted molar refractivity (Wildman–Crippen MR) is 106 cm³/mol. The van der Waals surface area contributed by atoms with Crippen LogP contribution in [0.3, 0.4) is 0 Å². The van der Waals surface area contributed by atoms with Crippen molar-refractivity contribution in [3.05, 3.63) is 65.2 Å². The second-order valence-corrected chi connectivity index (χ2v) is 6.80. The monoisotopic (exact) mass is 368 g/mol. The van der Waals surface area contributed by atoms with Crippen molar-refractivity contribution in [2.75, 3.05) is 33.4 Å². The molecule has 1 fully saturated rings. The Morgan fingerprint density at radius 3 is 2.59 bits per heavy atom. The minimum atomic E-state index is -0.0403. The van der Waals surface area contributed by atoms with E-state index in [0.717, 1.165) is 56.1 Å². The molecule has 1 amide bonds. The summed E-state index contributed by atoms with van der Waals surface area (Å²) in [5.41, 5.74) is 2.94. The van der Waals surface area contributed by atoms with E-state index < -0.39 is 0 Å². The van der Waals surface area contributed by atoms with E-state index in [0.29, 0.717) is 5.56 Å². The molecule has 0 bridgehead atoms. The van der Waals surface area contributed by atoms with Gasteiger partial charge in [0.25, 0.3) is 5.91 Å². The first-order valence-corrected chi connectivity index (χ1v) is 9.53. The van der Waals surface area contributed by atoms with Crippen molar-refractivity contribution in [2.24, 2.45) is 0 Å². The Hall–Kier alpha value is -2.37. The minimum absolute atomic E-state index is 0.0219. The van der Waals surface area contributed by atoms with E-state index in [1.165, 1.54) is 0 Å². The largest absolute Gasteiger partial charge is 0.497 e. The average molecular weight is 368 g/mol. The highest BCUT2D eigenvalue weighted by Crippen LogP contribution is 2.21. The third-order valence-corrected chi connectivity index (χ3v) is 4.93. The number of hydrogen-bond donors (Lipinski definition) is 1. The molecule has 0 saturated carbocycles. The fourth-order valence-electron chi connectivity index (χ4n) is 3.33. The summed E-state index contributed by atoms with van der Waals surface area (Å²) in [6, 6.07) is 15.7. The number of carbonyl (C=O) groups is 1. The van der Waals surface area contributed by atoms with E-state index in [9.17, 15) is 4.79 Å². The van der Waals surface area contributed by atoms with E-state index in [4.69, 9.17) is 9.47 Å². The number of morpholine rings is 1. The number of rotatable bonds is 7. The molecule has 0 spiro atoms. The molecule has 0 radical (unpaired) electrons. The number of amides is 1. The van der Waals surface area contributed by atoms with Crippen LogP contribution in [0, 0.1) is 0 Å². The summed E-state index contributed by atoms with van der Waals surface area (Å²) in [5, 5.41) is 3.15. The van der Waals surface area contributed by atoms with Gasteiger partial charge in [0.1, 0.15) is 5.75 Å². The van der Waals surface area contributed by atoms with Gasteiger partial charge in [-0.05, 0) is 41.8 Å². The molecule has 0 unspecified atom stereocenters. The lowest BCUT2D eigenvalue weighted by molar-refractivity contribution is 0.0342. The Kier molecular flexibility index (Phi) is 6.85. The van der Waals surface area contributed by atoms with Crippen LogP contribution in [0.25, 0.3) is 0 Å². The number of benzene rings is 2. The standard InChI is InChI=1S/C22H28N2O3/c1-3-21(18-7-9-20(26-2)10-8-18)23-22(25)19-6-4-5-17(15-19)16-24-11-13-27-14-12-24/h4-10,15,21H,3,11-14,16H2,1-2H3,(H,23,25)/t21-/m0/s1. The molecule has 5 heteroatoms. The van der Waals surface area contributed by atoms with Crippen LogP contribution < -0.4 is 10.1 Å². The van der Waals surface area contributed by atoms with Gasteiger partial charge in [-0.15, -0.1) is 0 Å². The topological polar surface area (TPSA) is 50.8 Å². The van der Waals surface area contributed by atoms with Crippen molar-refractivity contribution in [1.82, 2.24) is 10.2 Å². The van der Waals surface area contributed by atoms with Gasteiger partial charge in [0.15, 0.2) is 0 Å². The van der Waals surface area contributed by atoms with Crippen LogP contribution in [-0.4, -0.2) is 44.2 Å².